The molecule has 1 aliphatic rings. The van der Waals surface area contributed by atoms with Gasteiger partial charge in [-0.2, -0.15) is 5.10 Å². The van der Waals surface area contributed by atoms with Crippen LogP contribution in [-0.2, 0) is 4.79 Å². The Balaban J connectivity index is 1.41. The molecule has 1 aliphatic heterocycles. The Bertz CT molecular complexity index is 923. The molecular weight excluding hydrogens is 372 g/mol. The SMILES string of the molecule is Cc1ccc(C(=O)CCC(=O)NC2CCN(C(=O)c3ccc(=O)[nH]n3)CC2)cc1. The van der Waals surface area contributed by atoms with E-state index in [2.05, 4.69) is 15.5 Å². The second-order valence-electron chi connectivity index (χ2n) is 7.23. The molecule has 1 aromatic carbocycles. The van der Waals surface area contributed by atoms with Crippen LogP contribution < -0.4 is 10.9 Å². The van der Waals surface area contributed by atoms with Crippen molar-refractivity contribution in [2.75, 3.05) is 13.1 Å². The molecule has 2 amide bonds. The normalized spacial score (nSPS) is 14.4. The molecule has 0 unspecified atom stereocenters. The van der Waals surface area contributed by atoms with Crippen molar-refractivity contribution in [2.24, 2.45) is 0 Å². The average molecular weight is 396 g/mol. The predicted molar refractivity (Wildman–Crippen MR) is 107 cm³/mol. The van der Waals surface area contributed by atoms with Crippen molar-refractivity contribution in [1.29, 1.82) is 0 Å². The number of Topliss-reactive ketones (excluding diaryl/α,β-unsaturated/α-hetero) is 1. The Hall–Kier alpha value is -3.29. The van der Waals surface area contributed by atoms with Gasteiger partial charge in [0.1, 0.15) is 5.69 Å². The number of benzene rings is 1. The number of aryl methyl sites for hydroxylation is 1. The molecule has 0 aliphatic carbocycles. The van der Waals surface area contributed by atoms with Crippen LogP contribution in [0.15, 0.2) is 41.2 Å². The first-order valence-corrected chi connectivity index (χ1v) is 9.66. The van der Waals surface area contributed by atoms with Gasteiger partial charge in [-0.25, -0.2) is 5.10 Å². The summed E-state index contributed by atoms with van der Waals surface area (Å²) < 4.78 is 0. The maximum atomic E-state index is 12.4. The molecule has 2 heterocycles. The third kappa shape index (κ3) is 5.60. The number of hydrogen-bond acceptors (Lipinski definition) is 5. The third-order valence-electron chi connectivity index (χ3n) is 5.00. The van der Waals surface area contributed by atoms with Crippen molar-refractivity contribution >= 4 is 17.6 Å². The molecule has 1 saturated heterocycles. The molecular formula is C21H24N4O4. The fourth-order valence-corrected chi connectivity index (χ4v) is 3.26. The van der Waals surface area contributed by atoms with Gasteiger partial charge in [-0.05, 0) is 25.8 Å². The van der Waals surface area contributed by atoms with Gasteiger partial charge >= 0.3 is 0 Å². The van der Waals surface area contributed by atoms with Crippen LogP contribution >= 0.6 is 0 Å². The topological polar surface area (TPSA) is 112 Å². The van der Waals surface area contributed by atoms with Gasteiger partial charge in [0.2, 0.25) is 5.91 Å². The number of hydrogen-bond donors (Lipinski definition) is 2. The number of ketones is 1. The van der Waals surface area contributed by atoms with Crippen LogP contribution in [0.1, 0.15) is 52.1 Å². The molecule has 0 atom stereocenters. The maximum Gasteiger partial charge on any atom is 0.274 e. The van der Waals surface area contributed by atoms with Gasteiger partial charge < -0.3 is 10.2 Å². The quantitative estimate of drug-likeness (QED) is 0.718. The standard InChI is InChI=1S/C21H24N4O4/c1-14-2-4-15(5-3-14)18(26)7-9-19(27)22-16-10-12-25(13-11-16)21(29)17-6-8-20(28)24-23-17/h2-6,8,16H,7,9-13H2,1H3,(H,22,27)(H,24,28). The minimum absolute atomic E-state index is 0.0235. The van der Waals surface area contributed by atoms with Gasteiger partial charge in [0.25, 0.3) is 11.5 Å². The molecule has 1 aromatic heterocycles. The molecule has 0 radical (unpaired) electrons. The number of likely N-dealkylation sites (tertiary alicyclic amines) is 1. The van der Waals surface area contributed by atoms with E-state index in [-0.39, 0.29) is 47.7 Å². The molecule has 8 nitrogen and oxygen atoms in total. The van der Waals surface area contributed by atoms with Crippen molar-refractivity contribution in [3.05, 3.63) is 63.6 Å². The van der Waals surface area contributed by atoms with Gasteiger partial charge in [0.05, 0.1) is 0 Å². The van der Waals surface area contributed by atoms with Crippen LogP contribution in [0.4, 0.5) is 0 Å². The van der Waals surface area contributed by atoms with Crippen molar-refractivity contribution in [3.63, 3.8) is 0 Å². The summed E-state index contributed by atoms with van der Waals surface area (Å²) in [5.74, 6) is -0.443. The van der Waals surface area contributed by atoms with E-state index in [1.807, 2.05) is 19.1 Å². The Morgan fingerprint density at radius 2 is 1.76 bits per heavy atom. The van der Waals surface area contributed by atoms with Gasteiger partial charge in [-0.1, -0.05) is 29.8 Å². The zero-order valence-electron chi connectivity index (χ0n) is 16.3. The summed E-state index contributed by atoms with van der Waals surface area (Å²) in [4.78, 5) is 49.5. The monoisotopic (exact) mass is 396 g/mol. The highest BCUT2D eigenvalue weighted by Crippen LogP contribution is 2.13. The van der Waals surface area contributed by atoms with E-state index in [1.165, 1.54) is 12.1 Å². The summed E-state index contributed by atoms with van der Waals surface area (Å²) in [6.07, 6.45) is 1.58. The molecule has 0 saturated carbocycles. The number of aromatic amines is 1. The lowest BCUT2D eigenvalue weighted by Crippen LogP contribution is -2.46. The van der Waals surface area contributed by atoms with Gasteiger partial charge in [-0.3, -0.25) is 19.2 Å². The summed E-state index contributed by atoms with van der Waals surface area (Å²) in [6.45, 7) is 2.94. The molecule has 2 N–H and O–H groups in total. The van der Waals surface area contributed by atoms with Crippen molar-refractivity contribution in [1.82, 2.24) is 20.4 Å². The molecule has 1 fully saturated rings. The van der Waals surface area contributed by atoms with E-state index in [4.69, 9.17) is 0 Å². The maximum absolute atomic E-state index is 12.4. The summed E-state index contributed by atoms with van der Waals surface area (Å²) in [5, 5.41) is 8.97. The smallest absolute Gasteiger partial charge is 0.274 e. The summed E-state index contributed by atoms with van der Waals surface area (Å²) in [6, 6.07) is 9.96. The third-order valence-corrected chi connectivity index (χ3v) is 5.00. The Morgan fingerprint density at radius 3 is 2.38 bits per heavy atom. The summed E-state index contributed by atoms with van der Waals surface area (Å²) in [5.41, 5.74) is 1.54. The molecule has 0 bridgehead atoms. The first kappa shape index (κ1) is 20.4. The van der Waals surface area contributed by atoms with Crippen LogP contribution in [0.3, 0.4) is 0 Å². The second kappa shape index (κ2) is 9.27. The van der Waals surface area contributed by atoms with E-state index in [0.29, 0.717) is 31.5 Å². The first-order chi connectivity index (χ1) is 13.9. The van der Waals surface area contributed by atoms with Crippen LogP contribution in [0.2, 0.25) is 0 Å². The number of nitrogens with one attached hydrogen (secondary N) is 2. The molecule has 0 spiro atoms. The number of carbonyl (C=O) groups excluding carboxylic acids is 3. The number of H-pyrrole nitrogens is 1. The first-order valence-electron chi connectivity index (χ1n) is 9.66. The van der Waals surface area contributed by atoms with E-state index < -0.39 is 0 Å². The van der Waals surface area contributed by atoms with E-state index >= 15 is 0 Å². The molecule has 2 aromatic rings. The lowest BCUT2D eigenvalue weighted by atomic mass is 10.0. The van der Waals surface area contributed by atoms with E-state index in [0.717, 1.165) is 5.56 Å². The average Bonchev–Trinajstić information content (AvgIpc) is 2.73. The minimum atomic E-state index is -0.358. The van der Waals surface area contributed by atoms with Crippen LogP contribution in [0.5, 0.6) is 0 Å². The number of amides is 2. The van der Waals surface area contributed by atoms with Crippen LogP contribution in [0, 0.1) is 6.92 Å². The van der Waals surface area contributed by atoms with Crippen molar-refractivity contribution in [3.8, 4) is 0 Å². The second-order valence-corrected chi connectivity index (χ2v) is 7.23. The highest BCUT2D eigenvalue weighted by molar-refractivity contribution is 5.98. The highest BCUT2D eigenvalue weighted by atomic mass is 16.2. The zero-order chi connectivity index (χ0) is 20.8. The lowest BCUT2D eigenvalue weighted by Gasteiger charge is -2.32. The van der Waals surface area contributed by atoms with Gasteiger partial charge in [0.15, 0.2) is 5.78 Å². The molecule has 3 rings (SSSR count). The fourth-order valence-electron chi connectivity index (χ4n) is 3.26. The minimum Gasteiger partial charge on any atom is -0.353 e. The highest BCUT2D eigenvalue weighted by Gasteiger charge is 2.25. The molecule has 29 heavy (non-hydrogen) atoms. The number of piperidine rings is 1. The zero-order valence-corrected chi connectivity index (χ0v) is 16.3. The number of carbonyl (C=O) groups is 3. The molecule has 152 valence electrons. The lowest BCUT2D eigenvalue weighted by molar-refractivity contribution is -0.122. The van der Waals surface area contributed by atoms with Gasteiger partial charge in [-0.15, -0.1) is 0 Å². The Kier molecular flexibility index (Phi) is 6.54. The van der Waals surface area contributed by atoms with Crippen LogP contribution in [0.25, 0.3) is 0 Å². The van der Waals surface area contributed by atoms with Crippen molar-refractivity contribution in [2.45, 2.75) is 38.6 Å². The van der Waals surface area contributed by atoms with E-state index in [9.17, 15) is 19.2 Å². The fraction of sp³-hybridized carbons (Fsp3) is 0.381. The predicted octanol–water partition coefficient (Wildman–Crippen LogP) is 1.46. The Labute approximate surface area is 168 Å². The van der Waals surface area contributed by atoms with Gasteiger partial charge in [0, 0.05) is 43.6 Å². The number of aromatic nitrogens is 2. The van der Waals surface area contributed by atoms with E-state index in [1.54, 1.807) is 17.0 Å². The largest absolute Gasteiger partial charge is 0.353 e. The number of rotatable bonds is 6. The van der Waals surface area contributed by atoms with Crippen LogP contribution in [-0.4, -0.2) is 51.8 Å². The molecule has 8 heteroatoms. The number of nitrogens with zero attached hydrogens (tertiary/aromatic N) is 2. The van der Waals surface area contributed by atoms with Crippen molar-refractivity contribution < 1.29 is 14.4 Å². The summed E-state index contributed by atoms with van der Waals surface area (Å²) in [7, 11) is 0. The summed E-state index contributed by atoms with van der Waals surface area (Å²) >= 11 is 0. The Morgan fingerprint density at radius 1 is 1.07 bits per heavy atom.